The van der Waals surface area contributed by atoms with Crippen molar-refractivity contribution < 1.29 is 13.2 Å². The standard InChI is InChI=1S/C17H24N4O4S/c1-13(2)17(3,12-18)19-15(22)11-20-10-14(6-7-16(20)23)26(24,25)21-8-4-5-9-21/h6-7,10,13H,4-5,8-9,11H2,1-3H3,(H,19,22)/t17-/m1/s1. The number of pyridine rings is 1. The third-order valence-corrected chi connectivity index (χ3v) is 6.64. The summed E-state index contributed by atoms with van der Waals surface area (Å²) in [4.78, 5) is 24.3. The first-order valence-electron chi connectivity index (χ1n) is 8.53. The highest BCUT2D eigenvalue weighted by Gasteiger charge is 2.31. The SMILES string of the molecule is CC(C)[C@@](C)(C#N)NC(=O)Cn1cc(S(=O)(=O)N2CCCC2)ccc1=O. The molecule has 0 aromatic carbocycles. The molecular weight excluding hydrogens is 356 g/mol. The molecule has 1 atom stereocenters. The number of nitrogens with one attached hydrogen (secondary N) is 1. The van der Waals surface area contributed by atoms with Crippen LogP contribution >= 0.6 is 0 Å². The van der Waals surface area contributed by atoms with Gasteiger partial charge < -0.3 is 9.88 Å². The number of amides is 1. The molecule has 2 heterocycles. The Balaban J connectivity index is 2.24. The molecule has 1 fully saturated rings. The molecule has 1 aliphatic rings. The Labute approximate surface area is 153 Å². The van der Waals surface area contributed by atoms with Gasteiger partial charge in [0.05, 0.1) is 11.0 Å². The fraction of sp³-hybridized carbons (Fsp3) is 0.588. The van der Waals surface area contributed by atoms with Gasteiger partial charge in [0, 0.05) is 25.4 Å². The molecule has 1 aromatic rings. The molecule has 8 nitrogen and oxygen atoms in total. The molecule has 0 saturated carbocycles. The first kappa shape index (κ1) is 20.1. The number of hydrogen-bond donors (Lipinski definition) is 1. The minimum atomic E-state index is -3.68. The summed E-state index contributed by atoms with van der Waals surface area (Å²) < 4.78 is 27.7. The van der Waals surface area contributed by atoms with E-state index >= 15 is 0 Å². The van der Waals surface area contributed by atoms with Crippen molar-refractivity contribution in [3.63, 3.8) is 0 Å². The molecule has 0 spiro atoms. The fourth-order valence-electron chi connectivity index (χ4n) is 2.65. The van der Waals surface area contributed by atoms with Crippen LogP contribution in [0.4, 0.5) is 0 Å². The predicted octanol–water partition coefficient (Wildman–Crippen LogP) is 0.687. The average molecular weight is 380 g/mol. The molecule has 2 rings (SSSR count). The maximum atomic E-state index is 12.6. The third kappa shape index (κ3) is 4.14. The smallest absolute Gasteiger partial charge is 0.251 e. The van der Waals surface area contributed by atoms with E-state index in [1.54, 1.807) is 20.8 Å². The van der Waals surface area contributed by atoms with Crippen LogP contribution in [0.1, 0.15) is 33.6 Å². The second-order valence-electron chi connectivity index (χ2n) is 6.96. The van der Waals surface area contributed by atoms with E-state index in [2.05, 4.69) is 11.4 Å². The number of carbonyl (C=O) groups is 1. The van der Waals surface area contributed by atoms with Crippen LogP contribution in [0, 0.1) is 17.2 Å². The van der Waals surface area contributed by atoms with Gasteiger partial charge in [0.1, 0.15) is 12.1 Å². The van der Waals surface area contributed by atoms with Gasteiger partial charge in [-0.3, -0.25) is 9.59 Å². The lowest BCUT2D eigenvalue weighted by atomic mass is 9.90. The third-order valence-electron chi connectivity index (χ3n) is 4.76. The van der Waals surface area contributed by atoms with Crippen LogP contribution in [0.5, 0.6) is 0 Å². The Hall–Kier alpha value is -2.18. The highest BCUT2D eigenvalue weighted by molar-refractivity contribution is 7.89. The molecule has 1 aliphatic heterocycles. The number of aromatic nitrogens is 1. The Morgan fingerprint density at radius 2 is 1.96 bits per heavy atom. The molecule has 0 radical (unpaired) electrons. The van der Waals surface area contributed by atoms with Crippen molar-refractivity contribution in [1.29, 1.82) is 5.26 Å². The van der Waals surface area contributed by atoms with Gasteiger partial charge in [-0.1, -0.05) is 13.8 Å². The number of rotatable bonds is 6. The van der Waals surface area contributed by atoms with Crippen molar-refractivity contribution in [3.8, 4) is 6.07 Å². The lowest BCUT2D eigenvalue weighted by Gasteiger charge is -2.27. The van der Waals surface area contributed by atoms with Crippen molar-refractivity contribution in [2.24, 2.45) is 5.92 Å². The molecule has 0 bridgehead atoms. The molecule has 0 unspecified atom stereocenters. The maximum Gasteiger partial charge on any atom is 0.251 e. The molecule has 1 saturated heterocycles. The first-order chi connectivity index (χ1) is 12.1. The van der Waals surface area contributed by atoms with Crippen LogP contribution in [0.3, 0.4) is 0 Å². The zero-order valence-electron chi connectivity index (χ0n) is 15.2. The van der Waals surface area contributed by atoms with E-state index in [-0.39, 0.29) is 17.4 Å². The Bertz CT molecular complexity index is 879. The normalized spacial score (nSPS) is 17.7. The van der Waals surface area contributed by atoms with E-state index in [4.69, 9.17) is 0 Å². The lowest BCUT2D eigenvalue weighted by molar-refractivity contribution is -0.123. The molecular formula is C17H24N4O4S. The summed E-state index contributed by atoms with van der Waals surface area (Å²) in [5.74, 6) is -0.657. The zero-order valence-corrected chi connectivity index (χ0v) is 16.0. The summed E-state index contributed by atoms with van der Waals surface area (Å²) in [6.45, 7) is 5.77. The minimum Gasteiger partial charge on any atom is -0.336 e. The van der Waals surface area contributed by atoms with E-state index in [1.165, 1.54) is 16.6 Å². The number of nitrogens with zero attached hydrogens (tertiary/aromatic N) is 3. The molecule has 9 heteroatoms. The summed E-state index contributed by atoms with van der Waals surface area (Å²) in [7, 11) is -3.68. The van der Waals surface area contributed by atoms with Crippen molar-refractivity contribution in [3.05, 3.63) is 28.7 Å². The predicted molar refractivity (Wildman–Crippen MR) is 95.7 cm³/mol. The molecule has 26 heavy (non-hydrogen) atoms. The zero-order chi connectivity index (χ0) is 19.5. The van der Waals surface area contributed by atoms with Crippen molar-refractivity contribution in [2.45, 2.75) is 50.6 Å². The molecule has 0 aliphatic carbocycles. The summed E-state index contributed by atoms with van der Waals surface area (Å²) in [5, 5.41) is 11.9. The molecule has 1 N–H and O–H groups in total. The van der Waals surface area contributed by atoms with E-state index in [0.717, 1.165) is 23.5 Å². The van der Waals surface area contributed by atoms with Gasteiger partial charge in [-0.2, -0.15) is 9.57 Å². The highest BCUT2D eigenvalue weighted by Crippen LogP contribution is 2.20. The van der Waals surface area contributed by atoms with Gasteiger partial charge in [0.2, 0.25) is 15.9 Å². The topological polar surface area (TPSA) is 112 Å². The van der Waals surface area contributed by atoms with Crippen LogP contribution in [-0.2, 0) is 21.4 Å². The Kier molecular flexibility index (Phi) is 5.88. The van der Waals surface area contributed by atoms with Gasteiger partial charge in [-0.25, -0.2) is 8.42 Å². The minimum absolute atomic E-state index is 0.0151. The lowest BCUT2D eigenvalue weighted by Crippen LogP contribution is -2.50. The van der Waals surface area contributed by atoms with E-state index in [0.29, 0.717) is 13.1 Å². The fourth-order valence-corrected chi connectivity index (χ4v) is 4.19. The van der Waals surface area contributed by atoms with Crippen LogP contribution in [0.2, 0.25) is 0 Å². The van der Waals surface area contributed by atoms with E-state index < -0.39 is 27.0 Å². The summed E-state index contributed by atoms with van der Waals surface area (Å²) in [6, 6.07) is 4.46. The molecule has 1 amide bonds. The van der Waals surface area contributed by atoms with Gasteiger partial charge in [0.25, 0.3) is 5.56 Å². The van der Waals surface area contributed by atoms with Crippen LogP contribution in [0.15, 0.2) is 28.0 Å². The average Bonchev–Trinajstić information content (AvgIpc) is 3.11. The monoisotopic (exact) mass is 380 g/mol. The largest absolute Gasteiger partial charge is 0.336 e. The highest BCUT2D eigenvalue weighted by atomic mass is 32.2. The number of nitriles is 1. The van der Waals surface area contributed by atoms with Gasteiger partial charge >= 0.3 is 0 Å². The summed E-state index contributed by atoms with van der Waals surface area (Å²) in [6.07, 6.45) is 2.81. The summed E-state index contributed by atoms with van der Waals surface area (Å²) in [5.41, 5.74) is -1.55. The van der Waals surface area contributed by atoms with Gasteiger partial charge in [-0.15, -0.1) is 0 Å². The van der Waals surface area contributed by atoms with Gasteiger partial charge in [-0.05, 0) is 31.7 Å². The van der Waals surface area contributed by atoms with Crippen molar-refractivity contribution in [2.75, 3.05) is 13.1 Å². The Morgan fingerprint density at radius 3 is 2.50 bits per heavy atom. The summed E-state index contributed by atoms with van der Waals surface area (Å²) >= 11 is 0. The van der Waals surface area contributed by atoms with Crippen LogP contribution in [0.25, 0.3) is 0 Å². The first-order valence-corrected chi connectivity index (χ1v) is 9.97. The number of carbonyl (C=O) groups excluding carboxylic acids is 1. The van der Waals surface area contributed by atoms with Crippen molar-refractivity contribution in [1.82, 2.24) is 14.2 Å². The molecule has 142 valence electrons. The van der Waals surface area contributed by atoms with E-state index in [1.807, 2.05) is 0 Å². The van der Waals surface area contributed by atoms with Crippen LogP contribution < -0.4 is 10.9 Å². The number of sulfonamides is 1. The van der Waals surface area contributed by atoms with Gasteiger partial charge in [0.15, 0.2) is 0 Å². The maximum absolute atomic E-state index is 12.6. The Morgan fingerprint density at radius 1 is 1.35 bits per heavy atom. The van der Waals surface area contributed by atoms with Crippen molar-refractivity contribution >= 4 is 15.9 Å². The second kappa shape index (κ2) is 7.60. The quantitative estimate of drug-likeness (QED) is 0.780. The van der Waals surface area contributed by atoms with Crippen LogP contribution in [-0.4, -0.2) is 41.8 Å². The number of hydrogen-bond acceptors (Lipinski definition) is 5. The van der Waals surface area contributed by atoms with E-state index in [9.17, 15) is 23.3 Å². The molecule has 1 aromatic heterocycles. The second-order valence-corrected chi connectivity index (χ2v) is 8.90.